The zero-order valence-electron chi connectivity index (χ0n) is 18.3. The molecule has 162 valence electrons. The van der Waals surface area contributed by atoms with Gasteiger partial charge in [-0.1, -0.05) is 90.6 Å². The highest BCUT2D eigenvalue weighted by atomic mass is 32.2. The predicted octanol–water partition coefficient (Wildman–Crippen LogP) is 6.36. The summed E-state index contributed by atoms with van der Waals surface area (Å²) >= 11 is 1.33. The second kappa shape index (κ2) is 9.00. The molecule has 0 bridgehead atoms. The van der Waals surface area contributed by atoms with E-state index >= 15 is 0 Å². The van der Waals surface area contributed by atoms with Crippen molar-refractivity contribution < 1.29 is 4.79 Å². The Bertz CT molecular complexity index is 1430. The van der Waals surface area contributed by atoms with Gasteiger partial charge >= 0.3 is 0 Å². The van der Waals surface area contributed by atoms with Crippen molar-refractivity contribution in [3.8, 4) is 22.5 Å². The first-order chi connectivity index (χ1) is 16.1. The van der Waals surface area contributed by atoms with E-state index in [0.29, 0.717) is 5.16 Å². The lowest BCUT2D eigenvalue weighted by Crippen LogP contribution is -2.15. The van der Waals surface area contributed by atoms with Crippen molar-refractivity contribution in [2.75, 3.05) is 0 Å². The smallest absolute Gasteiger partial charge is 0.210 e. The molecule has 0 saturated heterocycles. The van der Waals surface area contributed by atoms with Crippen LogP contribution in [0.1, 0.15) is 23.0 Å². The van der Waals surface area contributed by atoms with Crippen molar-refractivity contribution in [2.24, 2.45) is 0 Å². The summed E-state index contributed by atoms with van der Waals surface area (Å²) in [5, 5.41) is 9.94. The average molecular weight is 451 g/mol. The fourth-order valence-corrected chi connectivity index (χ4v) is 4.73. The van der Waals surface area contributed by atoms with E-state index in [0.717, 1.165) is 44.7 Å². The summed E-state index contributed by atoms with van der Waals surface area (Å²) in [5.74, 6) is 0.0481. The number of aryl methyl sites for hydroxylation is 1. The molecule has 0 aliphatic rings. The van der Waals surface area contributed by atoms with Gasteiger partial charge in [-0.15, -0.1) is 10.2 Å². The molecule has 0 fully saturated rings. The molecule has 2 heterocycles. The average Bonchev–Trinajstić information content (AvgIpc) is 3.20. The van der Waals surface area contributed by atoms with E-state index in [1.807, 2.05) is 98.8 Å². The van der Waals surface area contributed by atoms with Crippen molar-refractivity contribution in [1.29, 1.82) is 0 Å². The highest BCUT2D eigenvalue weighted by Gasteiger charge is 2.24. The van der Waals surface area contributed by atoms with E-state index in [2.05, 4.69) is 15.2 Å². The SMILES string of the molecule is Cc1[nH]c2ccccc2c1C(=O)[C@H](C)Sc1nnc(-c2ccccc2)c(-c2ccccc2)n1. The number of nitrogens with zero attached hydrogens (tertiary/aromatic N) is 3. The summed E-state index contributed by atoms with van der Waals surface area (Å²) in [4.78, 5) is 21.5. The Morgan fingerprint density at radius 1 is 0.818 bits per heavy atom. The maximum absolute atomic E-state index is 13.4. The fourth-order valence-electron chi connectivity index (χ4n) is 3.96. The van der Waals surface area contributed by atoms with E-state index in [1.54, 1.807) is 0 Å². The molecule has 6 heteroatoms. The normalized spacial score (nSPS) is 12.1. The first-order valence-electron chi connectivity index (χ1n) is 10.8. The molecule has 5 nitrogen and oxygen atoms in total. The number of para-hydroxylation sites is 1. The zero-order chi connectivity index (χ0) is 22.8. The largest absolute Gasteiger partial charge is 0.358 e. The highest BCUT2D eigenvalue weighted by Crippen LogP contribution is 2.32. The van der Waals surface area contributed by atoms with Gasteiger partial charge in [-0.3, -0.25) is 4.79 Å². The van der Waals surface area contributed by atoms with Gasteiger partial charge in [0.15, 0.2) is 5.78 Å². The Kier molecular flexibility index (Phi) is 5.75. The molecular formula is C27H22N4OS. The van der Waals surface area contributed by atoms with Crippen molar-refractivity contribution in [2.45, 2.75) is 24.3 Å². The number of hydrogen-bond acceptors (Lipinski definition) is 5. The Morgan fingerprint density at radius 3 is 2.12 bits per heavy atom. The quantitative estimate of drug-likeness (QED) is 0.241. The maximum atomic E-state index is 13.4. The fraction of sp³-hybridized carbons (Fsp3) is 0.111. The molecule has 1 atom stereocenters. The molecule has 0 saturated carbocycles. The van der Waals surface area contributed by atoms with Gasteiger partial charge in [-0.25, -0.2) is 4.98 Å². The number of carbonyl (C=O) groups is 1. The molecule has 5 rings (SSSR count). The lowest BCUT2D eigenvalue weighted by molar-refractivity contribution is 0.0995. The van der Waals surface area contributed by atoms with Gasteiger partial charge in [0.05, 0.1) is 5.25 Å². The monoisotopic (exact) mass is 450 g/mol. The Hall–Kier alpha value is -3.77. The van der Waals surface area contributed by atoms with Crippen molar-refractivity contribution >= 4 is 28.4 Å². The van der Waals surface area contributed by atoms with Crippen LogP contribution in [-0.2, 0) is 0 Å². The van der Waals surface area contributed by atoms with Crippen LogP contribution in [0.4, 0.5) is 0 Å². The van der Waals surface area contributed by atoms with Gasteiger partial charge in [-0.05, 0) is 19.9 Å². The van der Waals surface area contributed by atoms with Gasteiger partial charge in [0.25, 0.3) is 0 Å². The Balaban J connectivity index is 1.50. The number of fused-ring (bicyclic) bond motifs is 1. The number of aromatic nitrogens is 4. The van der Waals surface area contributed by atoms with Crippen LogP contribution in [0.3, 0.4) is 0 Å². The number of aromatic amines is 1. The number of hydrogen-bond donors (Lipinski definition) is 1. The van der Waals surface area contributed by atoms with Crippen LogP contribution in [0.5, 0.6) is 0 Å². The van der Waals surface area contributed by atoms with Crippen molar-refractivity contribution in [1.82, 2.24) is 20.2 Å². The first-order valence-corrected chi connectivity index (χ1v) is 11.6. The molecule has 33 heavy (non-hydrogen) atoms. The third-order valence-corrected chi connectivity index (χ3v) is 6.50. The molecule has 3 aromatic carbocycles. The van der Waals surface area contributed by atoms with E-state index in [1.165, 1.54) is 11.8 Å². The number of thioether (sulfide) groups is 1. The summed E-state index contributed by atoms with van der Waals surface area (Å²) in [6.07, 6.45) is 0. The van der Waals surface area contributed by atoms with Gasteiger partial charge < -0.3 is 4.98 Å². The van der Waals surface area contributed by atoms with Crippen LogP contribution < -0.4 is 0 Å². The molecule has 0 amide bonds. The van der Waals surface area contributed by atoms with Gasteiger partial charge in [0, 0.05) is 33.3 Å². The highest BCUT2D eigenvalue weighted by molar-refractivity contribution is 8.00. The van der Waals surface area contributed by atoms with Gasteiger partial charge in [0.1, 0.15) is 11.4 Å². The lowest BCUT2D eigenvalue weighted by atomic mass is 10.0. The van der Waals surface area contributed by atoms with Crippen molar-refractivity contribution in [3.63, 3.8) is 0 Å². The zero-order valence-corrected chi connectivity index (χ0v) is 19.1. The van der Waals surface area contributed by atoms with E-state index in [9.17, 15) is 4.79 Å². The van der Waals surface area contributed by atoms with E-state index < -0.39 is 0 Å². The maximum Gasteiger partial charge on any atom is 0.210 e. The molecule has 0 unspecified atom stereocenters. The van der Waals surface area contributed by atoms with E-state index in [4.69, 9.17) is 4.98 Å². The topological polar surface area (TPSA) is 71.5 Å². The number of Topliss-reactive ketones (excluding diaryl/α,β-unsaturated/α-hetero) is 1. The molecular weight excluding hydrogens is 428 g/mol. The van der Waals surface area contributed by atoms with Crippen LogP contribution in [0.15, 0.2) is 90.1 Å². The minimum absolute atomic E-state index is 0.0481. The summed E-state index contributed by atoms with van der Waals surface area (Å²) < 4.78 is 0. The molecule has 0 aliphatic heterocycles. The third kappa shape index (κ3) is 4.17. The third-order valence-electron chi connectivity index (χ3n) is 5.55. The Morgan fingerprint density at radius 2 is 1.42 bits per heavy atom. The minimum Gasteiger partial charge on any atom is -0.358 e. The van der Waals surface area contributed by atoms with Crippen LogP contribution in [0.25, 0.3) is 33.4 Å². The predicted molar refractivity (Wildman–Crippen MR) is 133 cm³/mol. The first kappa shape index (κ1) is 21.1. The number of rotatable bonds is 6. The second-order valence-corrected chi connectivity index (χ2v) is 9.13. The number of H-pyrrole nitrogens is 1. The Labute approximate surface area is 196 Å². The number of ketones is 1. The number of nitrogens with one attached hydrogen (secondary N) is 1. The summed E-state index contributed by atoms with van der Waals surface area (Å²) in [6, 6.07) is 27.7. The van der Waals surface area contributed by atoms with E-state index in [-0.39, 0.29) is 11.0 Å². The number of carbonyl (C=O) groups excluding carboxylic acids is 1. The molecule has 2 aromatic heterocycles. The van der Waals surface area contributed by atoms with Crippen LogP contribution in [-0.4, -0.2) is 31.2 Å². The van der Waals surface area contributed by atoms with Crippen LogP contribution in [0.2, 0.25) is 0 Å². The second-order valence-electron chi connectivity index (χ2n) is 7.82. The van der Waals surface area contributed by atoms with Crippen LogP contribution >= 0.6 is 11.8 Å². The molecule has 5 aromatic rings. The lowest BCUT2D eigenvalue weighted by Gasteiger charge is -2.12. The summed E-state index contributed by atoms with van der Waals surface area (Å²) in [5.41, 5.74) is 5.94. The molecule has 0 aliphatic carbocycles. The van der Waals surface area contributed by atoms with Crippen LogP contribution in [0, 0.1) is 6.92 Å². The van der Waals surface area contributed by atoms with Crippen molar-refractivity contribution in [3.05, 3.63) is 96.2 Å². The summed E-state index contributed by atoms with van der Waals surface area (Å²) in [6.45, 7) is 3.83. The molecule has 1 N–H and O–H groups in total. The standard InChI is InChI=1S/C27H22N4OS/c1-17-23(21-15-9-10-16-22(21)28-17)26(32)18(2)33-27-29-24(19-11-5-3-6-12-19)25(30-31-27)20-13-7-4-8-14-20/h3-16,18,28H,1-2H3/t18-/m0/s1. The summed E-state index contributed by atoms with van der Waals surface area (Å²) in [7, 11) is 0. The van der Waals surface area contributed by atoms with Gasteiger partial charge in [-0.2, -0.15) is 0 Å². The minimum atomic E-state index is -0.365. The van der Waals surface area contributed by atoms with Gasteiger partial charge in [0.2, 0.25) is 5.16 Å². The number of benzene rings is 3. The molecule has 0 radical (unpaired) electrons. The molecule has 0 spiro atoms.